The summed E-state index contributed by atoms with van der Waals surface area (Å²) in [4.78, 5) is 26.5. The van der Waals surface area contributed by atoms with Crippen LogP contribution >= 0.6 is 0 Å². The number of hydrogen-bond donors (Lipinski definition) is 3. The molecule has 0 amide bonds. The van der Waals surface area contributed by atoms with Gasteiger partial charge < -0.3 is 19.9 Å². The van der Waals surface area contributed by atoms with Crippen LogP contribution in [0.3, 0.4) is 0 Å². The highest BCUT2D eigenvalue weighted by Gasteiger charge is 2.25. The first-order valence-electron chi connectivity index (χ1n) is 6.27. The molecule has 104 valence electrons. The van der Waals surface area contributed by atoms with Gasteiger partial charge in [-0.1, -0.05) is 0 Å². The number of carboxylic acids is 2. The molecule has 2 aromatic rings. The summed E-state index contributed by atoms with van der Waals surface area (Å²) in [6.07, 6.45) is 2.46. The Kier molecular flexibility index (Phi) is 2.90. The molecule has 20 heavy (non-hydrogen) atoms. The second kappa shape index (κ2) is 4.61. The van der Waals surface area contributed by atoms with Gasteiger partial charge in [-0.2, -0.15) is 0 Å². The maximum atomic E-state index is 11.3. The summed E-state index contributed by atoms with van der Waals surface area (Å²) in [5.74, 6) is -1.43. The van der Waals surface area contributed by atoms with Crippen LogP contribution in [-0.2, 0) is 0 Å². The first kappa shape index (κ1) is 12.6. The van der Waals surface area contributed by atoms with E-state index in [1.54, 1.807) is 10.6 Å². The fourth-order valence-electron chi connectivity index (χ4n) is 2.56. The third-order valence-corrected chi connectivity index (χ3v) is 3.55. The summed E-state index contributed by atoms with van der Waals surface area (Å²) in [7, 11) is 0. The molecular weight excluding hydrogens is 262 g/mol. The molecule has 0 spiro atoms. The second-order valence-electron chi connectivity index (χ2n) is 4.79. The molecule has 3 heterocycles. The summed E-state index contributed by atoms with van der Waals surface area (Å²) in [5, 5.41) is 21.4. The largest absolute Gasteiger partial charge is 0.478 e. The Morgan fingerprint density at radius 2 is 2.15 bits per heavy atom. The van der Waals surface area contributed by atoms with Crippen molar-refractivity contribution in [3.63, 3.8) is 0 Å². The number of aromatic carboxylic acids is 2. The van der Waals surface area contributed by atoms with Gasteiger partial charge in [-0.3, -0.25) is 0 Å². The smallest absolute Gasteiger partial charge is 0.356 e. The minimum Gasteiger partial charge on any atom is -0.478 e. The number of pyridine rings is 1. The average Bonchev–Trinajstić information content (AvgIpc) is 3.04. The molecule has 2 aromatic heterocycles. The van der Waals surface area contributed by atoms with Crippen molar-refractivity contribution in [3.05, 3.63) is 35.4 Å². The molecule has 0 bridgehead atoms. The van der Waals surface area contributed by atoms with Crippen molar-refractivity contribution in [2.75, 3.05) is 13.1 Å². The van der Waals surface area contributed by atoms with Gasteiger partial charge in [0, 0.05) is 18.7 Å². The van der Waals surface area contributed by atoms with E-state index in [2.05, 4.69) is 10.3 Å². The van der Waals surface area contributed by atoms with E-state index >= 15 is 0 Å². The minimum absolute atomic E-state index is 0.0518. The van der Waals surface area contributed by atoms with Gasteiger partial charge in [0.25, 0.3) is 0 Å². The lowest BCUT2D eigenvalue weighted by Gasteiger charge is -2.07. The van der Waals surface area contributed by atoms with E-state index in [1.807, 2.05) is 0 Å². The van der Waals surface area contributed by atoms with Gasteiger partial charge in [0.1, 0.15) is 5.82 Å². The standard InChI is InChI=1S/C13H13N3O4/c17-12(18)7-2-4-16-9(5-7)10(13(19)20)15-11(16)8-1-3-14-6-8/h2,4-5,8,14H,1,3,6H2,(H,17,18)(H,19,20). The minimum atomic E-state index is -1.15. The van der Waals surface area contributed by atoms with Crippen LogP contribution in [-0.4, -0.2) is 44.6 Å². The maximum Gasteiger partial charge on any atom is 0.356 e. The van der Waals surface area contributed by atoms with Gasteiger partial charge in [-0.05, 0) is 25.1 Å². The van der Waals surface area contributed by atoms with E-state index < -0.39 is 11.9 Å². The van der Waals surface area contributed by atoms with Crippen molar-refractivity contribution >= 4 is 17.5 Å². The first-order chi connectivity index (χ1) is 9.58. The number of nitrogens with one attached hydrogen (secondary N) is 1. The lowest BCUT2D eigenvalue weighted by atomic mass is 10.1. The van der Waals surface area contributed by atoms with Crippen LogP contribution in [0.1, 0.15) is 39.0 Å². The lowest BCUT2D eigenvalue weighted by Crippen LogP contribution is -2.10. The zero-order valence-electron chi connectivity index (χ0n) is 10.5. The molecule has 0 saturated carbocycles. The van der Waals surface area contributed by atoms with Gasteiger partial charge in [0.15, 0.2) is 5.69 Å². The molecule has 3 rings (SSSR count). The number of fused-ring (bicyclic) bond motifs is 1. The number of aromatic nitrogens is 2. The highest BCUT2D eigenvalue weighted by Crippen LogP contribution is 2.25. The molecule has 1 atom stereocenters. The molecule has 0 aromatic carbocycles. The van der Waals surface area contributed by atoms with E-state index in [0.717, 1.165) is 19.5 Å². The maximum absolute atomic E-state index is 11.3. The van der Waals surface area contributed by atoms with Crippen LogP contribution in [0.25, 0.3) is 5.52 Å². The summed E-state index contributed by atoms with van der Waals surface area (Å²) < 4.78 is 1.67. The monoisotopic (exact) mass is 275 g/mol. The molecule has 7 nitrogen and oxygen atoms in total. The molecular formula is C13H13N3O4. The van der Waals surface area contributed by atoms with Crippen molar-refractivity contribution in [2.24, 2.45) is 0 Å². The van der Waals surface area contributed by atoms with E-state index in [9.17, 15) is 14.7 Å². The predicted molar refractivity (Wildman–Crippen MR) is 69.3 cm³/mol. The van der Waals surface area contributed by atoms with Crippen molar-refractivity contribution in [1.82, 2.24) is 14.7 Å². The fourth-order valence-corrected chi connectivity index (χ4v) is 2.56. The molecule has 1 aliphatic rings. The Labute approximate surface area is 113 Å². The summed E-state index contributed by atoms with van der Waals surface area (Å²) >= 11 is 0. The Morgan fingerprint density at radius 1 is 1.35 bits per heavy atom. The molecule has 3 N–H and O–H groups in total. The summed E-state index contributed by atoms with van der Waals surface area (Å²) in [6.45, 7) is 1.62. The van der Waals surface area contributed by atoms with E-state index in [4.69, 9.17) is 5.11 Å². The van der Waals surface area contributed by atoms with Crippen molar-refractivity contribution in [3.8, 4) is 0 Å². The summed E-state index contributed by atoms with van der Waals surface area (Å²) in [5.41, 5.74) is 0.269. The molecule has 1 saturated heterocycles. The van der Waals surface area contributed by atoms with Crippen molar-refractivity contribution < 1.29 is 19.8 Å². The highest BCUT2D eigenvalue weighted by molar-refractivity contribution is 5.96. The Balaban J connectivity index is 2.22. The number of nitrogens with zero attached hydrogens (tertiary/aromatic N) is 2. The Morgan fingerprint density at radius 3 is 2.75 bits per heavy atom. The number of hydrogen-bond acceptors (Lipinski definition) is 4. The van der Waals surface area contributed by atoms with Gasteiger partial charge in [0.2, 0.25) is 0 Å². The molecule has 0 radical (unpaired) electrons. The highest BCUT2D eigenvalue weighted by atomic mass is 16.4. The Hall–Kier alpha value is -2.41. The van der Waals surface area contributed by atoms with Crippen LogP contribution in [0.4, 0.5) is 0 Å². The number of imidazole rings is 1. The zero-order valence-corrected chi connectivity index (χ0v) is 10.5. The second-order valence-corrected chi connectivity index (χ2v) is 4.79. The Bertz CT molecular complexity index is 701. The molecule has 1 fully saturated rings. The van der Waals surface area contributed by atoms with Gasteiger partial charge in [-0.15, -0.1) is 0 Å². The van der Waals surface area contributed by atoms with E-state index in [0.29, 0.717) is 11.3 Å². The van der Waals surface area contributed by atoms with Crippen molar-refractivity contribution in [2.45, 2.75) is 12.3 Å². The van der Waals surface area contributed by atoms with Crippen LogP contribution in [0.15, 0.2) is 18.3 Å². The number of rotatable bonds is 3. The number of carboxylic acid groups (broad SMARTS) is 2. The summed E-state index contributed by atoms with van der Waals surface area (Å²) in [6, 6.07) is 2.80. The molecule has 7 heteroatoms. The fraction of sp³-hybridized carbons (Fsp3) is 0.308. The normalized spacial score (nSPS) is 18.5. The molecule has 1 aliphatic heterocycles. The topological polar surface area (TPSA) is 104 Å². The third-order valence-electron chi connectivity index (χ3n) is 3.55. The average molecular weight is 275 g/mol. The third kappa shape index (κ3) is 1.92. The van der Waals surface area contributed by atoms with Crippen LogP contribution in [0.5, 0.6) is 0 Å². The zero-order chi connectivity index (χ0) is 14.3. The van der Waals surface area contributed by atoms with Crippen LogP contribution in [0, 0.1) is 0 Å². The molecule has 1 unspecified atom stereocenters. The van der Waals surface area contributed by atoms with Crippen LogP contribution in [0.2, 0.25) is 0 Å². The quantitative estimate of drug-likeness (QED) is 0.765. The first-order valence-corrected chi connectivity index (χ1v) is 6.27. The molecule has 0 aliphatic carbocycles. The van der Waals surface area contributed by atoms with Gasteiger partial charge >= 0.3 is 11.9 Å². The SMILES string of the molecule is O=C(O)c1ccn2c(C3CCNC3)nc(C(=O)O)c2c1. The van der Waals surface area contributed by atoms with Crippen molar-refractivity contribution in [1.29, 1.82) is 0 Å². The van der Waals surface area contributed by atoms with Gasteiger partial charge in [-0.25, -0.2) is 14.6 Å². The lowest BCUT2D eigenvalue weighted by molar-refractivity contribution is 0.0682. The predicted octanol–water partition coefficient (Wildman–Crippen LogP) is 0.808. The van der Waals surface area contributed by atoms with E-state index in [-0.39, 0.29) is 17.2 Å². The van der Waals surface area contributed by atoms with Crippen LogP contribution < -0.4 is 5.32 Å². The van der Waals surface area contributed by atoms with E-state index in [1.165, 1.54) is 12.1 Å². The van der Waals surface area contributed by atoms with Gasteiger partial charge in [0.05, 0.1) is 11.1 Å². The number of carbonyl (C=O) groups is 2.